The van der Waals surface area contributed by atoms with E-state index in [9.17, 15) is 4.79 Å². The number of rotatable bonds is 2. The Labute approximate surface area is 103 Å². The number of hydrogen-bond acceptors (Lipinski definition) is 2. The SMILES string of the molecule is Cc1ccc(C(=O)N2CCC(CN)C2)c(C)c1. The van der Waals surface area contributed by atoms with E-state index >= 15 is 0 Å². The Kier molecular flexibility index (Phi) is 3.48. The summed E-state index contributed by atoms with van der Waals surface area (Å²) in [5.41, 5.74) is 8.73. The summed E-state index contributed by atoms with van der Waals surface area (Å²) in [5, 5.41) is 0. The van der Waals surface area contributed by atoms with E-state index in [0.29, 0.717) is 12.5 Å². The van der Waals surface area contributed by atoms with Crippen LogP contribution in [0.2, 0.25) is 0 Å². The fourth-order valence-corrected chi connectivity index (χ4v) is 2.43. The molecule has 0 aliphatic carbocycles. The van der Waals surface area contributed by atoms with Crippen LogP contribution in [-0.4, -0.2) is 30.4 Å². The summed E-state index contributed by atoms with van der Waals surface area (Å²) in [6.07, 6.45) is 1.03. The molecule has 3 nitrogen and oxygen atoms in total. The van der Waals surface area contributed by atoms with Crippen molar-refractivity contribution in [2.75, 3.05) is 19.6 Å². The summed E-state index contributed by atoms with van der Waals surface area (Å²) in [6.45, 7) is 6.37. The number of likely N-dealkylation sites (tertiary alicyclic amines) is 1. The predicted molar refractivity (Wildman–Crippen MR) is 69.0 cm³/mol. The molecule has 92 valence electrons. The van der Waals surface area contributed by atoms with Crippen molar-refractivity contribution < 1.29 is 4.79 Å². The van der Waals surface area contributed by atoms with E-state index in [2.05, 4.69) is 6.07 Å². The van der Waals surface area contributed by atoms with E-state index in [1.807, 2.05) is 30.9 Å². The summed E-state index contributed by atoms with van der Waals surface area (Å²) in [6, 6.07) is 5.99. The molecule has 1 heterocycles. The van der Waals surface area contributed by atoms with Crippen LogP contribution in [0.1, 0.15) is 27.9 Å². The molecule has 2 N–H and O–H groups in total. The molecule has 1 fully saturated rings. The van der Waals surface area contributed by atoms with Crippen molar-refractivity contribution in [3.8, 4) is 0 Å². The van der Waals surface area contributed by atoms with Crippen molar-refractivity contribution in [1.29, 1.82) is 0 Å². The number of amides is 1. The molecule has 2 rings (SSSR count). The van der Waals surface area contributed by atoms with Gasteiger partial charge in [-0.3, -0.25) is 4.79 Å². The largest absolute Gasteiger partial charge is 0.338 e. The minimum Gasteiger partial charge on any atom is -0.338 e. The van der Waals surface area contributed by atoms with Gasteiger partial charge in [0, 0.05) is 18.7 Å². The lowest BCUT2D eigenvalue weighted by atomic mass is 10.0. The molecular formula is C14H20N2O. The number of hydrogen-bond donors (Lipinski definition) is 1. The predicted octanol–water partition coefficient (Wildman–Crippen LogP) is 1.72. The highest BCUT2D eigenvalue weighted by molar-refractivity contribution is 5.95. The smallest absolute Gasteiger partial charge is 0.254 e. The van der Waals surface area contributed by atoms with Gasteiger partial charge in [-0.25, -0.2) is 0 Å². The van der Waals surface area contributed by atoms with Crippen LogP contribution >= 0.6 is 0 Å². The second-order valence-corrected chi connectivity index (χ2v) is 4.96. The fourth-order valence-electron chi connectivity index (χ4n) is 2.43. The lowest BCUT2D eigenvalue weighted by Crippen LogP contribution is -2.30. The first-order valence-corrected chi connectivity index (χ1v) is 6.18. The molecule has 3 heteroatoms. The summed E-state index contributed by atoms with van der Waals surface area (Å²) in [5.74, 6) is 0.628. The van der Waals surface area contributed by atoms with Gasteiger partial charge in [-0.2, -0.15) is 0 Å². The molecule has 1 saturated heterocycles. The molecule has 0 bridgehead atoms. The second-order valence-electron chi connectivity index (χ2n) is 4.96. The van der Waals surface area contributed by atoms with E-state index in [0.717, 1.165) is 30.6 Å². The molecule has 1 aromatic rings. The minimum absolute atomic E-state index is 0.151. The minimum atomic E-state index is 0.151. The lowest BCUT2D eigenvalue weighted by molar-refractivity contribution is 0.0787. The monoisotopic (exact) mass is 232 g/mol. The van der Waals surface area contributed by atoms with Gasteiger partial charge in [0.05, 0.1) is 0 Å². The summed E-state index contributed by atoms with van der Waals surface area (Å²) < 4.78 is 0. The molecule has 1 aliphatic heterocycles. The molecule has 1 aromatic carbocycles. The van der Waals surface area contributed by atoms with Crippen molar-refractivity contribution in [3.05, 3.63) is 34.9 Å². The Bertz CT molecular complexity index is 428. The third-order valence-corrected chi connectivity index (χ3v) is 3.52. The molecule has 1 unspecified atom stereocenters. The zero-order chi connectivity index (χ0) is 12.4. The topological polar surface area (TPSA) is 46.3 Å². The Hall–Kier alpha value is -1.35. The number of nitrogens with zero attached hydrogens (tertiary/aromatic N) is 1. The van der Waals surface area contributed by atoms with Gasteiger partial charge >= 0.3 is 0 Å². The Morgan fingerprint density at radius 2 is 2.24 bits per heavy atom. The number of nitrogens with two attached hydrogens (primary N) is 1. The highest BCUT2D eigenvalue weighted by atomic mass is 16.2. The van der Waals surface area contributed by atoms with Crippen molar-refractivity contribution in [3.63, 3.8) is 0 Å². The summed E-state index contributed by atoms with van der Waals surface area (Å²) in [4.78, 5) is 14.3. The van der Waals surface area contributed by atoms with Crippen LogP contribution in [0.3, 0.4) is 0 Å². The Morgan fingerprint density at radius 1 is 1.47 bits per heavy atom. The zero-order valence-electron chi connectivity index (χ0n) is 10.6. The van der Waals surface area contributed by atoms with Crippen LogP contribution < -0.4 is 5.73 Å². The van der Waals surface area contributed by atoms with Crippen molar-refractivity contribution in [2.45, 2.75) is 20.3 Å². The molecule has 0 radical (unpaired) electrons. The van der Waals surface area contributed by atoms with Gasteiger partial charge in [-0.15, -0.1) is 0 Å². The standard InChI is InChI=1S/C14H20N2O/c1-10-3-4-13(11(2)7-10)14(17)16-6-5-12(8-15)9-16/h3-4,7,12H,5-6,8-9,15H2,1-2H3. The molecule has 0 saturated carbocycles. The third-order valence-electron chi connectivity index (χ3n) is 3.52. The van der Waals surface area contributed by atoms with Gasteiger partial charge in [0.1, 0.15) is 0 Å². The van der Waals surface area contributed by atoms with Crippen LogP contribution in [0.25, 0.3) is 0 Å². The van der Waals surface area contributed by atoms with E-state index in [1.54, 1.807) is 0 Å². The molecule has 1 amide bonds. The summed E-state index contributed by atoms with van der Waals surface area (Å²) >= 11 is 0. The van der Waals surface area contributed by atoms with Crippen LogP contribution in [-0.2, 0) is 0 Å². The molecule has 0 aromatic heterocycles. The molecular weight excluding hydrogens is 212 g/mol. The number of carbonyl (C=O) groups excluding carboxylic acids is 1. The molecule has 0 spiro atoms. The van der Waals surface area contributed by atoms with Gasteiger partial charge in [-0.05, 0) is 44.4 Å². The number of benzene rings is 1. The lowest BCUT2D eigenvalue weighted by Gasteiger charge is -2.17. The maximum absolute atomic E-state index is 12.3. The first-order valence-electron chi connectivity index (χ1n) is 6.18. The van der Waals surface area contributed by atoms with Crippen LogP contribution in [0, 0.1) is 19.8 Å². The Balaban J connectivity index is 2.15. The number of aryl methyl sites for hydroxylation is 2. The second kappa shape index (κ2) is 4.88. The van der Waals surface area contributed by atoms with E-state index in [-0.39, 0.29) is 5.91 Å². The number of carbonyl (C=O) groups is 1. The van der Waals surface area contributed by atoms with Crippen LogP contribution in [0.5, 0.6) is 0 Å². The van der Waals surface area contributed by atoms with E-state index in [1.165, 1.54) is 5.56 Å². The molecule has 1 aliphatic rings. The summed E-state index contributed by atoms with van der Waals surface area (Å²) in [7, 11) is 0. The quantitative estimate of drug-likeness (QED) is 0.844. The average molecular weight is 232 g/mol. The normalized spacial score (nSPS) is 19.7. The first-order chi connectivity index (χ1) is 8.11. The maximum Gasteiger partial charge on any atom is 0.254 e. The van der Waals surface area contributed by atoms with Crippen molar-refractivity contribution in [1.82, 2.24) is 4.90 Å². The third kappa shape index (κ3) is 2.50. The van der Waals surface area contributed by atoms with Gasteiger partial charge in [0.25, 0.3) is 5.91 Å². The zero-order valence-corrected chi connectivity index (χ0v) is 10.6. The van der Waals surface area contributed by atoms with Gasteiger partial charge in [0.2, 0.25) is 0 Å². The highest BCUT2D eigenvalue weighted by Gasteiger charge is 2.26. The molecule has 17 heavy (non-hydrogen) atoms. The highest BCUT2D eigenvalue weighted by Crippen LogP contribution is 2.19. The Morgan fingerprint density at radius 3 is 2.82 bits per heavy atom. The first kappa shape index (κ1) is 12.1. The van der Waals surface area contributed by atoms with Crippen molar-refractivity contribution in [2.24, 2.45) is 11.7 Å². The fraction of sp³-hybridized carbons (Fsp3) is 0.500. The van der Waals surface area contributed by atoms with Crippen LogP contribution in [0.4, 0.5) is 0 Å². The average Bonchev–Trinajstić information content (AvgIpc) is 2.76. The van der Waals surface area contributed by atoms with Gasteiger partial charge in [0.15, 0.2) is 0 Å². The van der Waals surface area contributed by atoms with Crippen LogP contribution in [0.15, 0.2) is 18.2 Å². The van der Waals surface area contributed by atoms with Gasteiger partial charge in [-0.1, -0.05) is 17.7 Å². The van der Waals surface area contributed by atoms with E-state index < -0.39 is 0 Å². The van der Waals surface area contributed by atoms with Gasteiger partial charge < -0.3 is 10.6 Å². The van der Waals surface area contributed by atoms with Crippen molar-refractivity contribution >= 4 is 5.91 Å². The maximum atomic E-state index is 12.3. The van der Waals surface area contributed by atoms with E-state index in [4.69, 9.17) is 5.73 Å². The molecule has 1 atom stereocenters.